The van der Waals surface area contributed by atoms with Crippen molar-refractivity contribution >= 4 is 22.4 Å². The van der Waals surface area contributed by atoms with Crippen LogP contribution in [0.2, 0.25) is 0 Å². The Morgan fingerprint density at radius 3 is 2.85 bits per heavy atom. The zero-order chi connectivity index (χ0) is 19.3. The molecule has 4 rings (SSSR count). The zero-order valence-corrected chi connectivity index (χ0v) is 16.9. The second-order valence-corrected chi connectivity index (χ2v) is 8.11. The van der Waals surface area contributed by atoms with Gasteiger partial charge in [-0.1, -0.05) is 18.2 Å². The minimum atomic E-state index is -0.0824. The largest absolute Gasteiger partial charge is 0.384 e. The van der Waals surface area contributed by atoms with Crippen LogP contribution in [-0.2, 0) is 22.4 Å². The third-order valence-corrected chi connectivity index (χ3v) is 6.16. The number of rotatable bonds is 4. The fourth-order valence-corrected chi connectivity index (χ4v) is 4.73. The van der Waals surface area contributed by atoms with Crippen molar-refractivity contribution in [1.29, 1.82) is 0 Å². The zero-order valence-electron chi connectivity index (χ0n) is 16.9. The highest BCUT2D eigenvalue weighted by Crippen LogP contribution is 2.43. The normalized spacial score (nSPS) is 21.9. The molecule has 0 fully saturated rings. The predicted octanol–water partition coefficient (Wildman–Crippen LogP) is 2.62. The van der Waals surface area contributed by atoms with Gasteiger partial charge in [0.25, 0.3) is 0 Å². The van der Waals surface area contributed by atoms with Crippen molar-refractivity contribution in [3.8, 4) is 0 Å². The number of aryl methyl sites for hydroxylation is 1. The van der Waals surface area contributed by atoms with E-state index >= 15 is 0 Å². The van der Waals surface area contributed by atoms with Crippen LogP contribution in [0.4, 0.5) is 0 Å². The van der Waals surface area contributed by atoms with Gasteiger partial charge in [-0.2, -0.15) is 0 Å². The third kappa shape index (κ3) is 2.89. The van der Waals surface area contributed by atoms with Gasteiger partial charge in [-0.25, -0.2) is 0 Å². The number of hydrogen-bond donors (Lipinski definition) is 1. The molecule has 0 saturated heterocycles. The van der Waals surface area contributed by atoms with Crippen LogP contribution in [0.25, 0.3) is 16.5 Å². The Bertz CT molecular complexity index is 925. The summed E-state index contributed by atoms with van der Waals surface area (Å²) in [6.45, 7) is 3.67. The SMILES string of the molecule is COCCc1ccc2c3c(c(C)[nH]c13)CC1C2=C[C@@H](C(=O)N(C)C)CN1C. The maximum absolute atomic E-state index is 12.6. The summed E-state index contributed by atoms with van der Waals surface area (Å²) in [6.07, 6.45) is 4.12. The van der Waals surface area contributed by atoms with E-state index in [1.165, 1.54) is 38.9 Å². The van der Waals surface area contributed by atoms with Crippen molar-refractivity contribution in [2.75, 3.05) is 41.4 Å². The average molecular weight is 367 g/mol. The van der Waals surface area contributed by atoms with Crippen LogP contribution in [-0.4, -0.2) is 68.1 Å². The number of benzene rings is 1. The molecule has 27 heavy (non-hydrogen) atoms. The second-order valence-electron chi connectivity index (χ2n) is 8.11. The van der Waals surface area contributed by atoms with Crippen LogP contribution in [0, 0.1) is 12.8 Å². The summed E-state index contributed by atoms with van der Waals surface area (Å²) in [6, 6.07) is 4.81. The van der Waals surface area contributed by atoms with Crippen molar-refractivity contribution in [3.05, 3.63) is 40.6 Å². The first-order valence-corrected chi connectivity index (χ1v) is 9.67. The van der Waals surface area contributed by atoms with E-state index in [2.05, 4.69) is 42.1 Å². The Morgan fingerprint density at radius 1 is 1.37 bits per heavy atom. The van der Waals surface area contributed by atoms with Gasteiger partial charge < -0.3 is 14.6 Å². The Hall–Kier alpha value is -2.11. The van der Waals surface area contributed by atoms with Gasteiger partial charge >= 0.3 is 0 Å². The molecule has 1 aliphatic heterocycles. The molecule has 0 saturated carbocycles. The predicted molar refractivity (Wildman–Crippen MR) is 109 cm³/mol. The number of fused-ring (bicyclic) bond motifs is 2. The van der Waals surface area contributed by atoms with Crippen LogP contribution < -0.4 is 0 Å². The Kier molecular flexibility index (Phi) is 4.60. The molecule has 0 radical (unpaired) electrons. The molecule has 2 atom stereocenters. The first kappa shape index (κ1) is 18.3. The molecule has 144 valence electrons. The minimum absolute atomic E-state index is 0.0824. The van der Waals surface area contributed by atoms with Crippen molar-refractivity contribution in [3.63, 3.8) is 0 Å². The molecule has 1 unspecified atom stereocenters. The van der Waals surface area contributed by atoms with Gasteiger partial charge in [0, 0.05) is 50.4 Å². The van der Waals surface area contributed by atoms with E-state index in [1.807, 2.05) is 14.1 Å². The lowest BCUT2D eigenvalue weighted by molar-refractivity contribution is -0.132. The molecule has 1 aromatic carbocycles. The molecule has 2 aliphatic rings. The van der Waals surface area contributed by atoms with E-state index in [4.69, 9.17) is 4.74 Å². The number of carbonyl (C=O) groups is 1. The number of ether oxygens (including phenoxy) is 1. The fourth-order valence-electron chi connectivity index (χ4n) is 4.73. The summed E-state index contributed by atoms with van der Waals surface area (Å²) in [4.78, 5) is 20.3. The highest BCUT2D eigenvalue weighted by Gasteiger charge is 2.37. The van der Waals surface area contributed by atoms with Crippen LogP contribution in [0.5, 0.6) is 0 Å². The molecular formula is C22H29N3O2. The number of amides is 1. The highest BCUT2D eigenvalue weighted by molar-refractivity contribution is 6.01. The summed E-state index contributed by atoms with van der Waals surface area (Å²) in [7, 11) is 7.56. The van der Waals surface area contributed by atoms with Crippen LogP contribution in [0.3, 0.4) is 0 Å². The molecule has 0 bridgehead atoms. The molecule has 1 aromatic heterocycles. The van der Waals surface area contributed by atoms with Gasteiger partial charge in [0.2, 0.25) is 5.91 Å². The number of methoxy groups -OCH3 is 1. The number of aromatic nitrogens is 1. The van der Waals surface area contributed by atoms with Crippen LogP contribution >= 0.6 is 0 Å². The van der Waals surface area contributed by atoms with E-state index in [1.54, 1.807) is 12.0 Å². The maximum atomic E-state index is 12.6. The van der Waals surface area contributed by atoms with Gasteiger partial charge in [0.15, 0.2) is 0 Å². The number of carbonyl (C=O) groups excluding carboxylic acids is 1. The van der Waals surface area contributed by atoms with Gasteiger partial charge in [-0.3, -0.25) is 9.69 Å². The monoisotopic (exact) mass is 367 g/mol. The van der Waals surface area contributed by atoms with E-state index in [-0.39, 0.29) is 11.8 Å². The van der Waals surface area contributed by atoms with Crippen LogP contribution in [0.1, 0.15) is 22.4 Å². The van der Waals surface area contributed by atoms with E-state index in [0.717, 1.165) is 26.0 Å². The molecule has 0 spiro atoms. The van der Waals surface area contributed by atoms with Gasteiger partial charge in [-0.15, -0.1) is 0 Å². The molecule has 1 aliphatic carbocycles. The Labute approximate surface area is 161 Å². The first-order valence-electron chi connectivity index (χ1n) is 9.67. The number of aromatic amines is 1. The third-order valence-electron chi connectivity index (χ3n) is 6.16. The molecular weight excluding hydrogens is 338 g/mol. The van der Waals surface area contributed by atoms with E-state index in [9.17, 15) is 4.79 Å². The number of nitrogens with one attached hydrogen (secondary N) is 1. The Balaban J connectivity index is 1.86. The van der Waals surface area contributed by atoms with Crippen molar-refractivity contribution in [2.24, 2.45) is 5.92 Å². The van der Waals surface area contributed by atoms with E-state index in [0.29, 0.717) is 6.04 Å². The number of nitrogens with zero attached hydrogens (tertiary/aromatic N) is 2. The van der Waals surface area contributed by atoms with Gasteiger partial charge in [0.05, 0.1) is 12.5 Å². The van der Waals surface area contributed by atoms with Crippen LogP contribution in [0.15, 0.2) is 18.2 Å². The maximum Gasteiger partial charge on any atom is 0.230 e. The summed E-state index contributed by atoms with van der Waals surface area (Å²) < 4.78 is 5.29. The minimum Gasteiger partial charge on any atom is -0.384 e. The van der Waals surface area contributed by atoms with Crippen molar-refractivity contribution in [2.45, 2.75) is 25.8 Å². The lowest BCUT2D eigenvalue weighted by Crippen LogP contribution is -2.46. The summed E-state index contributed by atoms with van der Waals surface area (Å²) in [5, 5.41) is 1.34. The summed E-state index contributed by atoms with van der Waals surface area (Å²) in [5.41, 5.74) is 7.80. The fraction of sp³-hybridized carbons (Fsp3) is 0.500. The highest BCUT2D eigenvalue weighted by atomic mass is 16.5. The number of hydrogen-bond acceptors (Lipinski definition) is 3. The van der Waals surface area contributed by atoms with Gasteiger partial charge in [-0.05, 0) is 49.1 Å². The molecule has 5 heteroatoms. The summed E-state index contributed by atoms with van der Waals surface area (Å²) >= 11 is 0. The standard InChI is InChI=1S/C22H29N3O2/c1-13-17-11-19-18(10-15(12-25(19)4)22(26)24(2)3)16-7-6-14(8-9-27-5)21(23-13)20(16)17/h6-7,10,15,19,23H,8-9,11-12H2,1-5H3/t15-,19?/m1/s1. The quantitative estimate of drug-likeness (QED) is 0.904. The molecule has 2 heterocycles. The Morgan fingerprint density at radius 2 is 2.15 bits per heavy atom. The number of H-pyrrole nitrogens is 1. The van der Waals surface area contributed by atoms with Crippen molar-refractivity contribution < 1.29 is 9.53 Å². The summed E-state index contributed by atoms with van der Waals surface area (Å²) in [5.74, 6) is 0.0952. The van der Waals surface area contributed by atoms with Crippen molar-refractivity contribution in [1.82, 2.24) is 14.8 Å². The molecule has 1 N–H and O–H groups in total. The molecule has 1 amide bonds. The first-order chi connectivity index (χ1) is 12.9. The second kappa shape index (κ2) is 6.80. The number of likely N-dealkylation sites (N-methyl/N-ethyl adjacent to an activating group) is 1. The topological polar surface area (TPSA) is 48.6 Å². The lowest BCUT2D eigenvalue weighted by atomic mass is 9.78. The smallest absolute Gasteiger partial charge is 0.230 e. The van der Waals surface area contributed by atoms with Gasteiger partial charge in [0.1, 0.15) is 0 Å². The molecule has 5 nitrogen and oxygen atoms in total. The lowest BCUT2D eigenvalue weighted by Gasteiger charge is -2.40. The average Bonchev–Trinajstić information content (AvgIpc) is 2.98. The molecule has 2 aromatic rings. The van der Waals surface area contributed by atoms with E-state index < -0.39 is 0 Å².